The second kappa shape index (κ2) is 8.30. The van der Waals surface area contributed by atoms with Crippen molar-refractivity contribution in [2.75, 3.05) is 13.2 Å². The molecule has 0 aliphatic carbocycles. The van der Waals surface area contributed by atoms with E-state index in [1.54, 1.807) is 24.3 Å². The Morgan fingerprint density at radius 2 is 1.84 bits per heavy atom. The molecule has 0 radical (unpaired) electrons. The predicted molar refractivity (Wildman–Crippen MR) is 93.4 cm³/mol. The fourth-order valence-corrected chi connectivity index (χ4v) is 2.22. The summed E-state index contributed by atoms with van der Waals surface area (Å²) in [5.74, 6) is 1.32. The molecule has 1 N–H and O–H groups in total. The van der Waals surface area contributed by atoms with Gasteiger partial charge in [-0.3, -0.25) is 4.79 Å². The number of carbonyl (C=O) groups is 1. The van der Waals surface area contributed by atoms with Gasteiger partial charge in [0.25, 0.3) is 5.91 Å². The van der Waals surface area contributed by atoms with E-state index in [0.717, 1.165) is 5.56 Å². The van der Waals surface area contributed by atoms with Gasteiger partial charge in [0.05, 0.1) is 0 Å². The highest BCUT2D eigenvalue weighted by Crippen LogP contribution is 2.20. The number of carbonyl (C=O) groups excluding carboxylic acids is 1. The second-order valence-electron chi connectivity index (χ2n) is 5.21. The van der Waals surface area contributed by atoms with E-state index in [2.05, 4.69) is 15.5 Å². The molecule has 0 spiro atoms. The Labute approximate surface area is 149 Å². The van der Waals surface area contributed by atoms with Crippen molar-refractivity contribution >= 4 is 17.5 Å². The van der Waals surface area contributed by atoms with E-state index >= 15 is 0 Å². The van der Waals surface area contributed by atoms with E-state index in [9.17, 15) is 4.79 Å². The number of benzene rings is 2. The van der Waals surface area contributed by atoms with Crippen LogP contribution in [0.15, 0.2) is 59.0 Å². The molecule has 0 saturated heterocycles. The van der Waals surface area contributed by atoms with Crippen molar-refractivity contribution in [3.63, 3.8) is 0 Å². The van der Waals surface area contributed by atoms with Gasteiger partial charge in [-0.25, -0.2) is 0 Å². The fraction of sp³-hybridized carbons (Fsp3) is 0.167. The van der Waals surface area contributed by atoms with Crippen LogP contribution in [0.25, 0.3) is 11.5 Å². The maximum atomic E-state index is 11.7. The minimum atomic E-state index is -0.207. The number of ether oxygens (including phenoxy) is 1. The van der Waals surface area contributed by atoms with Crippen LogP contribution in [-0.4, -0.2) is 29.3 Å². The Bertz CT molecular complexity index is 819. The molecule has 1 heterocycles. The Hall–Kier alpha value is -2.86. The topological polar surface area (TPSA) is 77.2 Å². The molecule has 0 aliphatic heterocycles. The van der Waals surface area contributed by atoms with Crippen molar-refractivity contribution in [2.45, 2.75) is 6.42 Å². The van der Waals surface area contributed by atoms with Gasteiger partial charge in [-0.15, -0.1) is 10.2 Å². The highest BCUT2D eigenvalue weighted by atomic mass is 35.5. The summed E-state index contributed by atoms with van der Waals surface area (Å²) in [7, 11) is 0. The molecule has 7 heteroatoms. The zero-order chi connectivity index (χ0) is 17.5. The third kappa shape index (κ3) is 5.06. The predicted octanol–water partition coefficient (Wildman–Crippen LogP) is 3.13. The van der Waals surface area contributed by atoms with Gasteiger partial charge >= 0.3 is 0 Å². The zero-order valence-corrected chi connectivity index (χ0v) is 14.1. The summed E-state index contributed by atoms with van der Waals surface area (Å²) in [5.41, 5.74) is 0.795. The number of amides is 1. The molecule has 0 aliphatic rings. The molecule has 1 amide bonds. The van der Waals surface area contributed by atoms with Crippen LogP contribution in [0.5, 0.6) is 5.75 Å². The molecule has 0 bridgehead atoms. The van der Waals surface area contributed by atoms with E-state index in [1.165, 1.54) is 0 Å². The highest BCUT2D eigenvalue weighted by Gasteiger charge is 2.09. The standard InChI is InChI=1S/C18H16ClN3O3/c19-14-8-6-13(7-9-14)18-22-21-17(25-18)10-11-20-16(23)12-24-15-4-2-1-3-5-15/h1-9H,10-12H2,(H,20,23). The van der Waals surface area contributed by atoms with Gasteiger partial charge in [-0.05, 0) is 36.4 Å². The lowest BCUT2D eigenvalue weighted by atomic mass is 10.2. The molecule has 25 heavy (non-hydrogen) atoms. The van der Waals surface area contributed by atoms with Crippen LogP contribution in [0, 0.1) is 0 Å². The van der Waals surface area contributed by atoms with Crippen molar-refractivity contribution < 1.29 is 13.9 Å². The summed E-state index contributed by atoms with van der Waals surface area (Å²) in [6.07, 6.45) is 0.442. The van der Waals surface area contributed by atoms with Crippen molar-refractivity contribution in [2.24, 2.45) is 0 Å². The summed E-state index contributed by atoms with van der Waals surface area (Å²) >= 11 is 5.85. The lowest BCUT2D eigenvalue weighted by Crippen LogP contribution is -2.30. The Balaban J connectivity index is 1.43. The van der Waals surface area contributed by atoms with Crippen LogP contribution in [-0.2, 0) is 11.2 Å². The monoisotopic (exact) mass is 357 g/mol. The number of para-hydroxylation sites is 1. The lowest BCUT2D eigenvalue weighted by Gasteiger charge is -2.06. The molecule has 0 fully saturated rings. The third-order valence-corrected chi connectivity index (χ3v) is 3.58. The van der Waals surface area contributed by atoms with Crippen LogP contribution in [0.1, 0.15) is 5.89 Å². The molecule has 3 aromatic rings. The number of nitrogens with zero attached hydrogens (tertiary/aromatic N) is 2. The molecule has 6 nitrogen and oxygen atoms in total. The van der Waals surface area contributed by atoms with Gasteiger partial charge in [0, 0.05) is 23.6 Å². The van der Waals surface area contributed by atoms with Crippen molar-refractivity contribution in [3.8, 4) is 17.2 Å². The quantitative estimate of drug-likeness (QED) is 0.703. The molecule has 128 valence electrons. The summed E-state index contributed by atoms with van der Waals surface area (Å²) in [5, 5.41) is 11.4. The molecular formula is C18H16ClN3O3. The molecule has 0 atom stereocenters. The fourth-order valence-electron chi connectivity index (χ4n) is 2.09. The first kappa shape index (κ1) is 17.0. The van der Waals surface area contributed by atoms with E-state index < -0.39 is 0 Å². The van der Waals surface area contributed by atoms with E-state index in [4.69, 9.17) is 20.8 Å². The second-order valence-corrected chi connectivity index (χ2v) is 5.65. The summed E-state index contributed by atoms with van der Waals surface area (Å²) in [6, 6.07) is 16.3. The van der Waals surface area contributed by atoms with Gasteiger partial charge in [0.1, 0.15) is 5.75 Å². The van der Waals surface area contributed by atoms with Gasteiger partial charge in [-0.1, -0.05) is 29.8 Å². The molecular weight excluding hydrogens is 342 g/mol. The highest BCUT2D eigenvalue weighted by molar-refractivity contribution is 6.30. The number of hydrogen-bond acceptors (Lipinski definition) is 5. The van der Waals surface area contributed by atoms with E-state index in [-0.39, 0.29) is 12.5 Å². The van der Waals surface area contributed by atoms with Crippen LogP contribution in [0.4, 0.5) is 0 Å². The zero-order valence-electron chi connectivity index (χ0n) is 13.3. The lowest BCUT2D eigenvalue weighted by molar-refractivity contribution is -0.123. The average Bonchev–Trinajstić information content (AvgIpc) is 3.10. The van der Waals surface area contributed by atoms with Crippen LogP contribution < -0.4 is 10.1 Å². The van der Waals surface area contributed by atoms with Gasteiger partial charge in [0.15, 0.2) is 6.61 Å². The molecule has 2 aromatic carbocycles. The summed E-state index contributed by atoms with van der Waals surface area (Å²) in [4.78, 5) is 11.7. The maximum absolute atomic E-state index is 11.7. The smallest absolute Gasteiger partial charge is 0.257 e. The summed E-state index contributed by atoms with van der Waals surface area (Å²) in [6.45, 7) is 0.350. The first-order valence-electron chi connectivity index (χ1n) is 7.73. The van der Waals surface area contributed by atoms with Crippen LogP contribution >= 0.6 is 11.6 Å². The minimum absolute atomic E-state index is 0.0378. The van der Waals surface area contributed by atoms with Gasteiger partial charge in [0.2, 0.25) is 11.8 Å². The van der Waals surface area contributed by atoms with Crippen molar-refractivity contribution in [3.05, 3.63) is 65.5 Å². The van der Waals surface area contributed by atoms with Gasteiger partial charge < -0.3 is 14.5 Å². The van der Waals surface area contributed by atoms with Crippen LogP contribution in [0.3, 0.4) is 0 Å². The third-order valence-electron chi connectivity index (χ3n) is 3.33. The number of nitrogens with one attached hydrogen (secondary N) is 1. The number of hydrogen-bond donors (Lipinski definition) is 1. The molecule has 1 aromatic heterocycles. The minimum Gasteiger partial charge on any atom is -0.484 e. The van der Waals surface area contributed by atoms with Crippen molar-refractivity contribution in [1.82, 2.24) is 15.5 Å². The Morgan fingerprint density at radius 3 is 2.60 bits per heavy atom. The molecule has 0 saturated carbocycles. The Kier molecular flexibility index (Phi) is 5.64. The van der Waals surface area contributed by atoms with E-state index in [0.29, 0.717) is 35.5 Å². The molecule has 3 rings (SSSR count). The SMILES string of the molecule is O=C(COc1ccccc1)NCCc1nnc(-c2ccc(Cl)cc2)o1. The normalized spacial score (nSPS) is 10.4. The largest absolute Gasteiger partial charge is 0.484 e. The van der Waals surface area contributed by atoms with Crippen molar-refractivity contribution in [1.29, 1.82) is 0 Å². The molecule has 0 unspecified atom stereocenters. The maximum Gasteiger partial charge on any atom is 0.257 e. The number of halogens is 1. The Morgan fingerprint density at radius 1 is 1.08 bits per heavy atom. The first-order valence-corrected chi connectivity index (χ1v) is 8.11. The summed E-state index contributed by atoms with van der Waals surface area (Å²) < 4.78 is 10.9. The number of aromatic nitrogens is 2. The van der Waals surface area contributed by atoms with Gasteiger partial charge in [-0.2, -0.15) is 0 Å². The first-order chi connectivity index (χ1) is 12.2. The van der Waals surface area contributed by atoms with Crippen LogP contribution in [0.2, 0.25) is 5.02 Å². The average molecular weight is 358 g/mol. The van der Waals surface area contributed by atoms with E-state index in [1.807, 2.05) is 30.3 Å². The number of rotatable bonds is 7.